The van der Waals surface area contributed by atoms with Gasteiger partial charge in [0.15, 0.2) is 0 Å². The van der Waals surface area contributed by atoms with Crippen molar-refractivity contribution in [3.05, 3.63) is 10.1 Å². The van der Waals surface area contributed by atoms with Crippen LogP contribution in [0.15, 0.2) is 10.1 Å². The number of carbonyl (C=O) groups is 2. The lowest BCUT2D eigenvalue weighted by molar-refractivity contribution is -0.205. The minimum atomic E-state index is -0.941. The first-order chi connectivity index (χ1) is 12.2. The van der Waals surface area contributed by atoms with E-state index in [2.05, 4.69) is 0 Å². The van der Waals surface area contributed by atoms with Crippen molar-refractivity contribution in [2.45, 2.75) is 54.7 Å². The highest BCUT2D eigenvalue weighted by Crippen LogP contribution is 2.75. The zero-order valence-electron chi connectivity index (χ0n) is 14.0. The summed E-state index contributed by atoms with van der Waals surface area (Å²) in [6, 6.07) is 0. The van der Waals surface area contributed by atoms with E-state index in [-0.39, 0.29) is 29.8 Å². The number of ether oxygens (including phenoxy) is 1. The Hall–Kier alpha value is -0.0400. The Morgan fingerprint density at radius 3 is 2.00 bits per heavy atom. The van der Waals surface area contributed by atoms with Gasteiger partial charge in [0.1, 0.15) is 0 Å². The standard InChI is InChI=1S/C17H17Cl4NO4/c1-3-5(2)26-22-14(23)6-7(15(22)24)11-9-8(10(6)25-11)16(20)4-17(9,21)13(19)12(16)18/h5-11H,3-4H2,1-2H3/t5-,6-,7+,8+,9+,10+,11-,16-,17-/m0/s1. The smallest absolute Gasteiger partial charge is 0.260 e. The molecule has 5 rings (SSSR count). The maximum atomic E-state index is 12.9. The Balaban J connectivity index is 1.54. The number of fused-ring (bicyclic) bond motifs is 12. The highest BCUT2D eigenvalue weighted by molar-refractivity contribution is 6.51. The molecule has 26 heavy (non-hydrogen) atoms. The number of hydrogen-bond acceptors (Lipinski definition) is 4. The van der Waals surface area contributed by atoms with Crippen LogP contribution in [0.2, 0.25) is 0 Å². The molecule has 3 saturated heterocycles. The summed E-state index contributed by atoms with van der Waals surface area (Å²) in [6.45, 7) is 3.75. The molecule has 5 aliphatic rings. The monoisotopic (exact) mass is 439 g/mol. The third-order valence-corrected chi connectivity index (χ3v) is 9.32. The van der Waals surface area contributed by atoms with Crippen LogP contribution in [0.4, 0.5) is 0 Å². The second kappa shape index (κ2) is 5.31. The molecule has 9 atom stereocenters. The van der Waals surface area contributed by atoms with Crippen molar-refractivity contribution in [1.29, 1.82) is 0 Å². The van der Waals surface area contributed by atoms with Gasteiger partial charge in [0, 0.05) is 11.8 Å². The van der Waals surface area contributed by atoms with Crippen molar-refractivity contribution in [3.8, 4) is 0 Å². The first-order valence-electron chi connectivity index (χ1n) is 8.81. The number of rotatable bonds is 3. The molecule has 1 saturated carbocycles. The molecule has 0 unspecified atom stereocenters. The highest BCUT2D eigenvalue weighted by atomic mass is 35.5. The average Bonchev–Trinajstić information content (AvgIpc) is 3.32. The van der Waals surface area contributed by atoms with Crippen molar-refractivity contribution < 1.29 is 19.2 Å². The Bertz CT molecular complexity index is 720. The molecule has 4 bridgehead atoms. The third kappa shape index (κ3) is 1.79. The number of hydroxylamine groups is 2. The van der Waals surface area contributed by atoms with Crippen molar-refractivity contribution in [2.75, 3.05) is 0 Å². The van der Waals surface area contributed by atoms with Crippen molar-refractivity contribution >= 4 is 58.2 Å². The quantitative estimate of drug-likeness (QED) is 0.498. The van der Waals surface area contributed by atoms with Gasteiger partial charge in [-0.3, -0.25) is 14.4 Å². The van der Waals surface area contributed by atoms with Gasteiger partial charge in [-0.05, 0) is 19.8 Å². The predicted molar refractivity (Wildman–Crippen MR) is 95.8 cm³/mol. The van der Waals surface area contributed by atoms with E-state index < -0.39 is 33.8 Å². The lowest BCUT2D eigenvalue weighted by atomic mass is 9.65. The maximum Gasteiger partial charge on any atom is 0.260 e. The molecule has 142 valence electrons. The second-order valence-electron chi connectivity index (χ2n) is 7.99. The molecular weight excluding hydrogens is 424 g/mol. The van der Waals surface area contributed by atoms with Crippen molar-refractivity contribution in [2.24, 2.45) is 23.7 Å². The molecule has 2 amide bonds. The summed E-state index contributed by atoms with van der Waals surface area (Å²) in [5.74, 6) is -2.41. The van der Waals surface area contributed by atoms with E-state index in [4.69, 9.17) is 56.0 Å². The summed E-state index contributed by atoms with van der Waals surface area (Å²) in [6.07, 6.45) is -0.171. The molecule has 5 nitrogen and oxygen atoms in total. The normalized spacial score (nSPS) is 52.3. The van der Waals surface area contributed by atoms with Crippen molar-refractivity contribution in [1.82, 2.24) is 5.06 Å². The van der Waals surface area contributed by atoms with E-state index in [9.17, 15) is 9.59 Å². The number of alkyl halides is 2. The van der Waals surface area contributed by atoms with Crippen LogP contribution in [0.5, 0.6) is 0 Å². The topological polar surface area (TPSA) is 55.8 Å². The molecule has 0 radical (unpaired) electrons. The molecule has 0 spiro atoms. The molecule has 9 heteroatoms. The molecule has 0 aromatic rings. The zero-order chi connectivity index (χ0) is 18.8. The SMILES string of the molecule is CC[C@H](C)ON1C(=O)[C@@H]2[C@H]3O[C@@H]([C@@H]2C1=O)[C@H]1[C@H]3[C@@]2(Cl)C[C@@]1(Cl)C(Cl)=C2Cl. The minimum absolute atomic E-state index is 0.236. The summed E-state index contributed by atoms with van der Waals surface area (Å²) in [5, 5.41) is 1.61. The van der Waals surface area contributed by atoms with E-state index in [0.717, 1.165) is 5.06 Å². The molecule has 3 aliphatic heterocycles. The van der Waals surface area contributed by atoms with Gasteiger partial charge in [0.25, 0.3) is 11.8 Å². The van der Waals surface area contributed by atoms with Gasteiger partial charge in [-0.2, -0.15) is 5.06 Å². The lowest BCUT2D eigenvalue weighted by Crippen LogP contribution is -2.50. The Morgan fingerprint density at radius 2 is 1.58 bits per heavy atom. The molecule has 0 aromatic carbocycles. The van der Waals surface area contributed by atoms with E-state index in [1.54, 1.807) is 0 Å². The second-order valence-corrected chi connectivity index (χ2v) is 10.1. The van der Waals surface area contributed by atoms with E-state index in [0.29, 0.717) is 22.9 Å². The Morgan fingerprint density at radius 1 is 1.12 bits per heavy atom. The Kier molecular flexibility index (Phi) is 3.68. The van der Waals surface area contributed by atoms with Crippen LogP contribution in [0.1, 0.15) is 26.7 Å². The fraction of sp³-hybridized carbons (Fsp3) is 0.765. The fourth-order valence-corrected chi connectivity index (χ4v) is 7.64. The number of carbonyl (C=O) groups excluding carboxylic acids is 2. The molecule has 0 N–H and O–H groups in total. The number of allylic oxidation sites excluding steroid dienone is 2. The summed E-state index contributed by atoms with van der Waals surface area (Å²) >= 11 is 26.5. The molecule has 4 fully saturated rings. The summed E-state index contributed by atoms with van der Waals surface area (Å²) in [4.78, 5) is 29.5. The van der Waals surface area contributed by atoms with Gasteiger partial charge in [-0.15, -0.1) is 23.2 Å². The van der Waals surface area contributed by atoms with Gasteiger partial charge in [0.2, 0.25) is 0 Å². The van der Waals surface area contributed by atoms with Gasteiger partial charge in [-0.1, -0.05) is 30.1 Å². The summed E-state index contributed by atoms with van der Waals surface area (Å²) in [5.41, 5.74) is 0. The van der Waals surface area contributed by atoms with Crippen LogP contribution in [0, 0.1) is 23.7 Å². The number of imide groups is 1. The highest BCUT2D eigenvalue weighted by Gasteiger charge is 2.82. The van der Waals surface area contributed by atoms with Crippen LogP contribution >= 0.6 is 46.4 Å². The summed E-state index contributed by atoms with van der Waals surface area (Å²) in [7, 11) is 0. The lowest BCUT2D eigenvalue weighted by Gasteiger charge is -2.40. The number of nitrogens with zero attached hydrogens (tertiary/aromatic N) is 1. The van der Waals surface area contributed by atoms with E-state index >= 15 is 0 Å². The number of halogens is 4. The zero-order valence-corrected chi connectivity index (χ0v) is 17.1. The predicted octanol–water partition coefficient (Wildman–Crippen LogP) is 3.39. The first-order valence-corrected chi connectivity index (χ1v) is 10.3. The van der Waals surface area contributed by atoms with Crippen LogP contribution in [-0.4, -0.2) is 44.9 Å². The molecular formula is C17H17Cl4NO4. The van der Waals surface area contributed by atoms with Crippen LogP contribution in [0.25, 0.3) is 0 Å². The van der Waals surface area contributed by atoms with Gasteiger partial charge >= 0.3 is 0 Å². The first kappa shape index (κ1) is 18.0. The average molecular weight is 441 g/mol. The fourth-order valence-electron chi connectivity index (χ4n) is 5.62. The minimum Gasteiger partial charge on any atom is -0.373 e. The van der Waals surface area contributed by atoms with E-state index in [1.807, 2.05) is 13.8 Å². The van der Waals surface area contributed by atoms with E-state index in [1.165, 1.54) is 0 Å². The van der Waals surface area contributed by atoms with Crippen LogP contribution in [0.3, 0.4) is 0 Å². The van der Waals surface area contributed by atoms with Gasteiger partial charge < -0.3 is 4.74 Å². The molecule has 2 aliphatic carbocycles. The third-order valence-electron chi connectivity index (χ3n) is 6.83. The molecule has 0 aromatic heterocycles. The largest absolute Gasteiger partial charge is 0.373 e. The molecule has 3 heterocycles. The number of amides is 2. The maximum absolute atomic E-state index is 12.9. The Labute approximate surface area is 170 Å². The van der Waals surface area contributed by atoms with Crippen LogP contribution < -0.4 is 0 Å². The summed E-state index contributed by atoms with van der Waals surface area (Å²) < 4.78 is 6.10. The van der Waals surface area contributed by atoms with Gasteiger partial charge in [0.05, 0.1) is 50.0 Å². The van der Waals surface area contributed by atoms with Gasteiger partial charge in [-0.25, -0.2) is 0 Å². The number of hydrogen-bond donors (Lipinski definition) is 0. The van der Waals surface area contributed by atoms with Crippen LogP contribution in [-0.2, 0) is 19.2 Å². The van der Waals surface area contributed by atoms with Crippen molar-refractivity contribution in [3.63, 3.8) is 0 Å².